The van der Waals surface area contributed by atoms with Crippen molar-refractivity contribution in [1.29, 1.82) is 0 Å². The summed E-state index contributed by atoms with van der Waals surface area (Å²) in [7, 11) is 0. The Morgan fingerprint density at radius 3 is 2.41 bits per heavy atom. The van der Waals surface area contributed by atoms with E-state index in [1.165, 1.54) is 28.6 Å². The Kier molecular flexibility index (Phi) is 4.60. The number of rotatable bonds is 5. The van der Waals surface area contributed by atoms with Crippen molar-refractivity contribution in [1.82, 2.24) is 20.2 Å². The Hall–Kier alpha value is -2.22. The smallest absolute Gasteiger partial charge is 0.335 e. The number of nitrogens with zero attached hydrogens (tertiary/aromatic N) is 4. The lowest BCUT2D eigenvalue weighted by atomic mass is 9.92. The molecule has 0 amide bonds. The van der Waals surface area contributed by atoms with E-state index in [2.05, 4.69) is 15.5 Å². The molecule has 2 rings (SSSR count). The van der Waals surface area contributed by atoms with Crippen molar-refractivity contribution in [3.05, 3.63) is 29.8 Å². The number of thioether (sulfide) groups is 1. The Morgan fingerprint density at radius 2 is 1.86 bits per heavy atom. The van der Waals surface area contributed by atoms with E-state index < -0.39 is 11.4 Å². The van der Waals surface area contributed by atoms with Crippen LogP contribution in [0.4, 0.5) is 0 Å². The van der Waals surface area contributed by atoms with Crippen LogP contribution in [0.3, 0.4) is 0 Å². The largest absolute Gasteiger partial charge is 0.478 e. The van der Waals surface area contributed by atoms with Crippen LogP contribution in [0.1, 0.15) is 31.1 Å². The summed E-state index contributed by atoms with van der Waals surface area (Å²) >= 11 is 1.26. The summed E-state index contributed by atoms with van der Waals surface area (Å²) in [4.78, 5) is 22.8. The van der Waals surface area contributed by atoms with Crippen LogP contribution in [-0.4, -0.2) is 42.8 Å². The summed E-state index contributed by atoms with van der Waals surface area (Å²) in [6.45, 7) is 5.59. The van der Waals surface area contributed by atoms with Gasteiger partial charge in [0.15, 0.2) is 0 Å². The zero-order valence-electron chi connectivity index (χ0n) is 12.5. The molecule has 0 spiro atoms. The van der Waals surface area contributed by atoms with E-state index in [1.807, 2.05) is 20.8 Å². The van der Waals surface area contributed by atoms with Crippen molar-refractivity contribution >= 4 is 23.5 Å². The minimum absolute atomic E-state index is 0.105. The van der Waals surface area contributed by atoms with Crippen molar-refractivity contribution in [3.8, 4) is 5.69 Å². The molecule has 7 nitrogen and oxygen atoms in total. The molecule has 1 N–H and O–H groups in total. The molecule has 0 aliphatic heterocycles. The number of Topliss-reactive ketones (excluding diaryl/α,β-unsaturated/α-hetero) is 1. The molecule has 0 saturated carbocycles. The van der Waals surface area contributed by atoms with Crippen molar-refractivity contribution in [2.75, 3.05) is 5.75 Å². The van der Waals surface area contributed by atoms with E-state index in [0.717, 1.165) is 0 Å². The number of tetrazole rings is 1. The fraction of sp³-hybridized carbons (Fsp3) is 0.357. The maximum absolute atomic E-state index is 12.0. The van der Waals surface area contributed by atoms with Crippen LogP contribution in [-0.2, 0) is 4.79 Å². The summed E-state index contributed by atoms with van der Waals surface area (Å²) in [6.07, 6.45) is 0. The number of carboxylic acid groups (broad SMARTS) is 1. The quantitative estimate of drug-likeness (QED) is 0.842. The Morgan fingerprint density at radius 1 is 1.23 bits per heavy atom. The van der Waals surface area contributed by atoms with Gasteiger partial charge in [0, 0.05) is 5.41 Å². The summed E-state index contributed by atoms with van der Waals surface area (Å²) < 4.78 is 1.48. The first-order valence-electron chi connectivity index (χ1n) is 6.57. The molecule has 0 bridgehead atoms. The summed E-state index contributed by atoms with van der Waals surface area (Å²) in [5.74, 6) is -0.612. The molecule has 0 aliphatic carbocycles. The highest BCUT2D eigenvalue weighted by Crippen LogP contribution is 2.23. The van der Waals surface area contributed by atoms with Crippen LogP contribution in [0.15, 0.2) is 29.4 Å². The highest BCUT2D eigenvalue weighted by molar-refractivity contribution is 7.99. The molecule has 2 aromatic rings. The highest BCUT2D eigenvalue weighted by Gasteiger charge is 2.22. The molecule has 1 aromatic heterocycles. The van der Waals surface area contributed by atoms with Crippen LogP contribution in [0.5, 0.6) is 0 Å². The molecular weight excluding hydrogens is 304 g/mol. The number of carbonyl (C=O) groups is 2. The number of hydrogen-bond acceptors (Lipinski definition) is 6. The van der Waals surface area contributed by atoms with Gasteiger partial charge in [-0.15, -0.1) is 5.10 Å². The summed E-state index contributed by atoms with van der Waals surface area (Å²) in [5.41, 5.74) is 0.420. The topological polar surface area (TPSA) is 98.0 Å². The van der Waals surface area contributed by atoms with Crippen molar-refractivity contribution in [2.45, 2.75) is 25.9 Å². The fourth-order valence-corrected chi connectivity index (χ4v) is 2.57. The van der Waals surface area contributed by atoms with Gasteiger partial charge in [0.2, 0.25) is 5.16 Å². The van der Waals surface area contributed by atoms with E-state index >= 15 is 0 Å². The maximum atomic E-state index is 12.0. The maximum Gasteiger partial charge on any atom is 0.335 e. The standard InChI is InChI=1S/C14H16N4O3S/c1-14(2,3)11(19)8-22-13-15-16-17-18(13)10-6-4-9(5-7-10)12(20)21/h4-7H,8H2,1-3H3,(H,20,21). The van der Waals surface area contributed by atoms with Crippen molar-refractivity contribution < 1.29 is 14.7 Å². The second kappa shape index (κ2) is 6.27. The first-order valence-corrected chi connectivity index (χ1v) is 7.56. The molecule has 0 saturated heterocycles. The van der Waals surface area contributed by atoms with E-state index in [-0.39, 0.29) is 17.1 Å². The zero-order valence-corrected chi connectivity index (χ0v) is 13.3. The Balaban J connectivity index is 2.16. The summed E-state index contributed by atoms with van der Waals surface area (Å²) in [6, 6.07) is 6.20. The zero-order chi connectivity index (χ0) is 16.3. The first kappa shape index (κ1) is 16.2. The van der Waals surface area contributed by atoms with Gasteiger partial charge in [-0.2, -0.15) is 4.68 Å². The molecule has 0 unspecified atom stereocenters. The van der Waals surface area contributed by atoms with Gasteiger partial charge in [0.05, 0.1) is 17.0 Å². The third kappa shape index (κ3) is 3.70. The van der Waals surface area contributed by atoms with Crippen molar-refractivity contribution in [2.24, 2.45) is 5.41 Å². The number of benzene rings is 1. The van der Waals surface area contributed by atoms with Gasteiger partial charge >= 0.3 is 5.97 Å². The highest BCUT2D eigenvalue weighted by atomic mass is 32.2. The van der Waals surface area contributed by atoms with Crippen LogP contribution in [0.25, 0.3) is 5.69 Å². The SMILES string of the molecule is CC(C)(C)C(=O)CSc1nnnn1-c1ccc(C(=O)O)cc1. The fourth-order valence-electron chi connectivity index (χ4n) is 1.52. The number of ketones is 1. The molecule has 0 atom stereocenters. The minimum Gasteiger partial charge on any atom is -0.478 e. The second-order valence-corrected chi connectivity index (χ2v) is 6.63. The van der Waals surface area contributed by atoms with E-state index in [1.54, 1.807) is 12.1 Å². The van der Waals surface area contributed by atoms with Gasteiger partial charge in [-0.3, -0.25) is 4.79 Å². The molecule has 0 radical (unpaired) electrons. The lowest BCUT2D eigenvalue weighted by Gasteiger charge is -2.15. The van der Waals surface area contributed by atoms with E-state index in [9.17, 15) is 9.59 Å². The third-order valence-electron chi connectivity index (χ3n) is 2.97. The Labute approximate surface area is 131 Å². The lowest BCUT2D eigenvalue weighted by molar-refractivity contribution is -0.123. The van der Waals surface area contributed by atoms with Crippen LogP contribution in [0.2, 0.25) is 0 Å². The molecule has 116 valence electrons. The van der Waals surface area contributed by atoms with Gasteiger partial charge in [0.25, 0.3) is 0 Å². The van der Waals surface area contributed by atoms with Crippen molar-refractivity contribution in [3.63, 3.8) is 0 Å². The molecule has 1 heterocycles. The lowest BCUT2D eigenvalue weighted by Crippen LogP contribution is -2.22. The number of carboxylic acids is 1. The summed E-state index contributed by atoms with van der Waals surface area (Å²) in [5, 5.41) is 20.8. The molecule has 1 aromatic carbocycles. The number of aromatic nitrogens is 4. The molecule has 8 heteroatoms. The normalized spacial score (nSPS) is 11.4. The van der Waals surface area contributed by atoms with Gasteiger partial charge in [-0.1, -0.05) is 32.5 Å². The van der Waals surface area contributed by atoms with Crippen LogP contribution in [0, 0.1) is 5.41 Å². The third-order valence-corrected chi connectivity index (χ3v) is 3.89. The first-order chi connectivity index (χ1) is 10.3. The molecule has 0 fully saturated rings. The number of aromatic carboxylic acids is 1. The van der Waals surface area contributed by atoms with Gasteiger partial charge in [-0.25, -0.2) is 4.79 Å². The van der Waals surface area contributed by atoms with Gasteiger partial charge < -0.3 is 5.11 Å². The average molecular weight is 320 g/mol. The van der Waals surface area contributed by atoms with Crippen LogP contribution < -0.4 is 0 Å². The van der Waals surface area contributed by atoms with E-state index in [4.69, 9.17) is 5.11 Å². The predicted octanol–water partition coefficient (Wildman–Crippen LogP) is 2.07. The second-order valence-electron chi connectivity index (χ2n) is 5.69. The Bertz CT molecular complexity index is 689. The minimum atomic E-state index is -0.992. The predicted molar refractivity (Wildman–Crippen MR) is 81.3 cm³/mol. The van der Waals surface area contributed by atoms with Gasteiger partial charge in [-0.05, 0) is 34.7 Å². The molecule has 22 heavy (non-hydrogen) atoms. The van der Waals surface area contributed by atoms with E-state index in [0.29, 0.717) is 10.8 Å². The average Bonchev–Trinajstić information content (AvgIpc) is 2.92. The molecule has 0 aliphatic rings. The number of hydrogen-bond donors (Lipinski definition) is 1. The monoisotopic (exact) mass is 320 g/mol. The van der Waals surface area contributed by atoms with Gasteiger partial charge in [0.1, 0.15) is 5.78 Å². The molecular formula is C14H16N4O3S. The van der Waals surface area contributed by atoms with Crippen LogP contribution >= 0.6 is 11.8 Å². The number of carbonyl (C=O) groups excluding carboxylic acids is 1.